The molecule has 1 atom stereocenters. The maximum absolute atomic E-state index is 12.4. The number of nitrogens with one attached hydrogen (secondary N) is 1. The molecule has 0 bridgehead atoms. The molecule has 1 unspecified atom stereocenters. The predicted molar refractivity (Wildman–Crippen MR) is 89.8 cm³/mol. The van der Waals surface area contributed by atoms with E-state index in [9.17, 15) is 4.79 Å². The summed E-state index contributed by atoms with van der Waals surface area (Å²) < 4.78 is 6.95. The SMILES string of the molecule is COc1ccccc1NC(=O)C(C)Sc1nnnn1C(C)(C)C. The Hall–Kier alpha value is -2.09. The Morgan fingerprint density at radius 2 is 2.04 bits per heavy atom. The summed E-state index contributed by atoms with van der Waals surface area (Å²) in [4.78, 5) is 12.4. The molecule has 0 aliphatic heterocycles. The van der Waals surface area contributed by atoms with Gasteiger partial charge in [-0.15, -0.1) is 5.10 Å². The van der Waals surface area contributed by atoms with Crippen LogP contribution in [0.1, 0.15) is 27.7 Å². The molecule has 0 fully saturated rings. The topological polar surface area (TPSA) is 81.9 Å². The minimum Gasteiger partial charge on any atom is -0.495 e. The minimum atomic E-state index is -0.355. The Labute approximate surface area is 139 Å². The third kappa shape index (κ3) is 4.22. The monoisotopic (exact) mass is 335 g/mol. The Balaban J connectivity index is 2.08. The first kappa shape index (κ1) is 17.3. The molecule has 0 spiro atoms. The fourth-order valence-corrected chi connectivity index (χ4v) is 2.84. The number of benzene rings is 1. The highest BCUT2D eigenvalue weighted by molar-refractivity contribution is 8.00. The van der Waals surface area contributed by atoms with Crippen LogP contribution in [0, 0.1) is 0 Å². The summed E-state index contributed by atoms with van der Waals surface area (Å²) in [6.07, 6.45) is 0. The third-order valence-corrected chi connectivity index (χ3v) is 4.13. The molecule has 2 aromatic rings. The number of hydrogen-bond acceptors (Lipinski definition) is 6. The molecule has 2 rings (SSSR count). The number of carbonyl (C=O) groups excluding carboxylic acids is 1. The van der Waals surface area contributed by atoms with Crippen molar-refractivity contribution in [2.24, 2.45) is 0 Å². The van der Waals surface area contributed by atoms with Crippen molar-refractivity contribution >= 4 is 23.4 Å². The summed E-state index contributed by atoms with van der Waals surface area (Å²) in [5.41, 5.74) is 0.396. The van der Waals surface area contributed by atoms with Crippen molar-refractivity contribution < 1.29 is 9.53 Å². The lowest BCUT2D eigenvalue weighted by molar-refractivity contribution is -0.115. The number of aromatic nitrogens is 4. The van der Waals surface area contributed by atoms with Crippen molar-refractivity contribution in [3.05, 3.63) is 24.3 Å². The van der Waals surface area contributed by atoms with Gasteiger partial charge in [0.15, 0.2) is 0 Å². The van der Waals surface area contributed by atoms with E-state index >= 15 is 0 Å². The molecule has 7 nitrogen and oxygen atoms in total. The molecule has 1 aromatic heterocycles. The largest absolute Gasteiger partial charge is 0.495 e. The second-order valence-electron chi connectivity index (χ2n) is 5.99. The van der Waals surface area contributed by atoms with Crippen LogP contribution >= 0.6 is 11.8 Å². The van der Waals surface area contributed by atoms with Gasteiger partial charge in [0.1, 0.15) is 5.75 Å². The standard InChI is InChI=1S/C15H21N5O2S/c1-10(23-14-17-18-19-20(14)15(2,3)4)13(21)16-11-8-6-7-9-12(11)22-5/h6-10H,1-5H3,(H,16,21). The third-order valence-electron chi connectivity index (χ3n) is 3.09. The molecule has 0 aliphatic rings. The number of anilines is 1. The Kier molecular flexibility index (Phi) is 5.25. The number of methoxy groups -OCH3 is 1. The number of carbonyl (C=O) groups is 1. The van der Waals surface area contributed by atoms with Gasteiger partial charge in [-0.05, 0) is 50.3 Å². The molecule has 0 saturated heterocycles. The van der Waals surface area contributed by atoms with E-state index in [-0.39, 0.29) is 16.7 Å². The van der Waals surface area contributed by atoms with Crippen molar-refractivity contribution in [1.29, 1.82) is 0 Å². The fourth-order valence-electron chi connectivity index (χ4n) is 1.87. The summed E-state index contributed by atoms with van der Waals surface area (Å²) in [7, 11) is 1.57. The van der Waals surface area contributed by atoms with E-state index in [1.807, 2.05) is 39.8 Å². The number of para-hydroxylation sites is 2. The van der Waals surface area contributed by atoms with Gasteiger partial charge in [0.25, 0.3) is 0 Å². The smallest absolute Gasteiger partial charge is 0.237 e. The van der Waals surface area contributed by atoms with E-state index in [4.69, 9.17) is 4.74 Å². The van der Waals surface area contributed by atoms with E-state index in [1.165, 1.54) is 11.8 Å². The van der Waals surface area contributed by atoms with Gasteiger partial charge in [-0.3, -0.25) is 4.79 Å². The highest BCUT2D eigenvalue weighted by Gasteiger charge is 2.24. The number of rotatable bonds is 5. The van der Waals surface area contributed by atoms with Gasteiger partial charge in [-0.1, -0.05) is 23.9 Å². The molecule has 23 heavy (non-hydrogen) atoms. The van der Waals surface area contributed by atoms with Crippen molar-refractivity contribution in [1.82, 2.24) is 20.2 Å². The van der Waals surface area contributed by atoms with Crippen LogP contribution in [0.5, 0.6) is 5.75 Å². The van der Waals surface area contributed by atoms with E-state index in [1.54, 1.807) is 23.9 Å². The van der Waals surface area contributed by atoms with Gasteiger partial charge in [0.05, 0.1) is 23.6 Å². The van der Waals surface area contributed by atoms with Gasteiger partial charge >= 0.3 is 0 Å². The van der Waals surface area contributed by atoms with Crippen LogP contribution in [-0.2, 0) is 10.3 Å². The summed E-state index contributed by atoms with van der Waals surface area (Å²) >= 11 is 1.32. The molecule has 124 valence electrons. The maximum Gasteiger partial charge on any atom is 0.237 e. The first-order chi connectivity index (χ1) is 10.8. The molecule has 0 radical (unpaired) electrons. The number of thioether (sulfide) groups is 1. The molecule has 1 amide bonds. The summed E-state index contributed by atoms with van der Waals surface area (Å²) in [6, 6.07) is 7.29. The van der Waals surface area contributed by atoms with E-state index in [0.29, 0.717) is 16.6 Å². The van der Waals surface area contributed by atoms with Crippen LogP contribution in [0.2, 0.25) is 0 Å². The average Bonchev–Trinajstić information content (AvgIpc) is 2.96. The van der Waals surface area contributed by atoms with Gasteiger partial charge < -0.3 is 10.1 Å². The zero-order chi connectivity index (χ0) is 17.0. The molecule has 1 heterocycles. The highest BCUT2D eigenvalue weighted by Crippen LogP contribution is 2.27. The number of hydrogen-bond donors (Lipinski definition) is 1. The normalized spacial score (nSPS) is 12.7. The fraction of sp³-hybridized carbons (Fsp3) is 0.467. The van der Waals surface area contributed by atoms with E-state index < -0.39 is 0 Å². The minimum absolute atomic E-state index is 0.136. The first-order valence-corrected chi connectivity index (χ1v) is 8.10. The van der Waals surface area contributed by atoms with Crippen molar-refractivity contribution in [2.75, 3.05) is 12.4 Å². The van der Waals surface area contributed by atoms with Crippen molar-refractivity contribution in [3.63, 3.8) is 0 Å². The number of ether oxygens (including phenoxy) is 1. The lowest BCUT2D eigenvalue weighted by atomic mass is 10.1. The van der Waals surface area contributed by atoms with Crippen molar-refractivity contribution in [2.45, 2.75) is 43.6 Å². The van der Waals surface area contributed by atoms with Gasteiger partial charge in [0, 0.05) is 0 Å². The van der Waals surface area contributed by atoms with Gasteiger partial charge in [-0.25, -0.2) is 4.68 Å². The Morgan fingerprint density at radius 1 is 1.35 bits per heavy atom. The van der Waals surface area contributed by atoms with E-state index in [0.717, 1.165) is 0 Å². The van der Waals surface area contributed by atoms with Crippen LogP contribution < -0.4 is 10.1 Å². The zero-order valence-corrected chi connectivity index (χ0v) is 14.7. The zero-order valence-electron chi connectivity index (χ0n) is 13.9. The molecule has 1 N–H and O–H groups in total. The highest BCUT2D eigenvalue weighted by atomic mass is 32.2. The number of tetrazole rings is 1. The Bertz CT molecular complexity index is 681. The summed E-state index contributed by atoms with van der Waals surface area (Å²) in [5.74, 6) is 0.487. The predicted octanol–water partition coefficient (Wildman–Crippen LogP) is 2.56. The maximum atomic E-state index is 12.4. The quantitative estimate of drug-likeness (QED) is 0.846. The number of amides is 1. The van der Waals surface area contributed by atoms with Crippen LogP contribution in [0.4, 0.5) is 5.69 Å². The number of nitrogens with zero attached hydrogens (tertiary/aromatic N) is 4. The average molecular weight is 335 g/mol. The van der Waals surface area contributed by atoms with Crippen molar-refractivity contribution in [3.8, 4) is 5.75 Å². The molecular formula is C15H21N5O2S. The van der Waals surface area contributed by atoms with E-state index in [2.05, 4.69) is 20.8 Å². The first-order valence-electron chi connectivity index (χ1n) is 7.22. The van der Waals surface area contributed by atoms with Gasteiger partial charge in [-0.2, -0.15) is 0 Å². The molecule has 0 saturated carbocycles. The second-order valence-corrected chi connectivity index (χ2v) is 7.30. The Morgan fingerprint density at radius 3 is 2.70 bits per heavy atom. The molecule has 8 heteroatoms. The van der Waals surface area contributed by atoms with Crippen LogP contribution in [0.25, 0.3) is 0 Å². The van der Waals surface area contributed by atoms with Crippen LogP contribution in [0.3, 0.4) is 0 Å². The molecule has 0 aliphatic carbocycles. The molecule has 1 aromatic carbocycles. The second kappa shape index (κ2) is 6.99. The molecular weight excluding hydrogens is 314 g/mol. The summed E-state index contributed by atoms with van der Waals surface area (Å²) in [6.45, 7) is 7.84. The van der Waals surface area contributed by atoms with Gasteiger partial charge in [0.2, 0.25) is 11.1 Å². The van der Waals surface area contributed by atoms with Crippen LogP contribution in [0.15, 0.2) is 29.4 Å². The van der Waals surface area contributed by atoms with Crippen LogP contribution in [-0.4, -0.2) is 38.5 Å². The summed E-state index contributed by atoms with van der Waals surface area (Å²) in [5, 5.41) is 14.8. The lowest BCUT2D eigenvalue weighted by Gasteiger charge is -2.20. The lowest BCUT2D eigenvalue weighted by Crippen LogP contribution is -2.27.